The zero-order valence-corrected chi connectivity index (χ0v) is 9.99. The monoisotopic (exact) mass is 218 g/mol. The molecule has 0 saturated heterocycles. The number of para-hydroxylation sites is 1. The van der Waals surface area contributed by atoms with E-state index < -0.39 is 0 Å². The Labute approximate surface area is 95.4 Å². The predicted octanol–water partition coefficient (Wildman–Crippen LogP) is 1.64. The van der Waals surface area contributed by atoms with Crippen LogP contribution >= 0.6 is 0 Å². The molecule has 0 amide bonds. The second-order valence-electron chi connectivity index (χ2n) is 4.30. The topological polar surface area (TPSA) is 55.9 Å². The molecule has 4 heteroatoms. The van der Waals surface area contributed by atoms with Crippen molar-refractivity contribution in [3.8, 4) is 0 Å². The van der Waals surface area contributed by atoms with Gasteiger partial charge in [-0.1, -0.05) is 12.1 Å². The minimum atomic E-state index is 0.127. The number of nitrogens with one attached hydrogen (secondary N) is 1. The summed E-state index contributed by atoms with van der Waals surface area (Å²) in [7, 11) is 1.96. The average molecular weight is 218 g/mol. The van der Waals surface area contributed by atoms with Crippen molar-refractivity contribution in [3.63, 3.8) is 0 Å². The van der Waals surface area contributed by atoms with Crippen LogP contribution in [0.4, 0.5) is 5.82 Å². The normalized spacial score (nSPS) is 13.0. The first-order valence-electron chi connectivity index (χ1n) is 5.51. The molecule has 0 fully saturated rings. The van der Waals surface area contributed by atoms with Crippen molar-refractivity contribution in [3.05, 3.63) is 23.8 Å². The van der Waals surface area contributed by atoms with E-state index in [1.807, 2.05) is 18.7 Å². The molecular formula is C12H18N4. The lowest BCUT2D eigenvalue weighted by molar-refractivity contribution is 0.761. The van der Waals surface area contributed by atoms with Gasteiger partial charge in [-0.05, 0) is 25.5 Å². The summed E-state index contributed by atoms with van der Waals surface area (Å²) in [4.78, 5) is 0. The Balaban J connectivity index is 2.43. The molecule has 1 unspecified atom stereocenters. The molecule has 1 heterocycles. The van der Waals surface area contributed by atoms with E-state index in [9.17, 15) is 0 Å². The molecule has 0 radical (unpaired) electrons. The van der Waals surface area contributed by atoms with Crippen molar-refractivity contribution < 1.29 is 0 Å². The van der Waals surface area contributed by atoms with Crippen molar-refractivity contribution in [1.29, 1.82) is 0 Å². The molecule has 1 aromatic heterocycles. The molecule has 0 aliphatic rings. The van der Waals surface area contributed by atoms with Gasteiger partial charge in [0, 0.05) is 25.0 Å². The van der Waals surface area contributed by atoms with E-state index in [1.54, 1.807) is 0 Å². The summed E-state index contributed by atoms with van der Waals surface area (Å²) in [6.45, 7) is 4.81. The maximum atomic E-state index is 5.72. The fraction of sp³-hybridized carbons (Fsp3) is 0.417. The smallest absolute Gasteiger partial charge is 0.156 e. The van der Waals surface area contributed by atoms with Gasteiger partial charge in [-0.2, -0.15) is 5.10 Å². The second-order valence-corrected chi connectivity index (χ2v) is 4.30. The van der Waals surface area contributed by atoms with Crippen LogP contribution in [0.1, 0.15) is 12.5 Å². The summed E-state index contributed by atoms with van der Waals surface area (Å²) in [5, 5.41) is 8.91. The molecule has 0 aliphatic heterocycles. The predicted molar refractivity (Wildman–Crippen MR) is 67.6 cm³/mol. The fourth-order valence-electron chi connectivity index (χ4n) is 1.92. The highest BCUT2D eigenvalue weighted by Gasteiger charge is 2.09. The van der Waals surface area contributed by atoms with Gasteiger partial charge in [0.1, 0.15) is 0 Å². The third kappa shape index (κ3) is 1.88. The van der Waals surface area contributed by atoms with Crippen molar-refractivity contribution >= 4 is 16.7 Å². The lowest BCUT2D eigenvalue weighted by Crippen LogP contribution is -2.25. The van der Waals surface area contributed by atoms with Gasteiger partial charge in [-0.3, -0.25) is 4.68 Å². The summed E-state index contributed by atoms with van der Waals surface area (Å²) in [5.74, 6) is 0.915. The van der Waals surface area contributed by atoms with Gasteiger partial charge in [-0.25, -0.2) is 0 Å². The van der Waals surface area contributed by atoms with E-state index in [2.05, 4.69) is 35.5 Å². The lowest BCUT2D eigenvalue weighted by atomic mass is 10.1. The van der Waals surface area contributed by atoms with Crippen molar-refractivity contribution in [2.45, 2.75) is 19.9 Å². The Hall–Kier alpha value is -1.55. The number of rotatable bonds is 3. The number of aromatic nitrogens is 2. The van der Waals surface area contributed by atoms with E-state index in [4.69, 9.17) is 5.73 Å². The minimum absolute atomic E-state index is 0.127. The number of fused-ring (bicyclic) bond motifs is 1. The van der Waals surface area contributed by atoms with Gasteiger partial charge < -0.3 is 11.1 Å². The fourth-order valence-corrected chi connectivity index (χ4v) is 1.92. The van der Waals surface area contributed by atoms with Crippen LogP contribution in [-0.2, 0) is 7.05 Å². The Bertz CT molecular complexity index is 499. The van der Waals surface area contributed by atoms with Crippen molar-refractivity contribution in [2.75, 3.05) is 11.9 Å². The maximum Gasteiger partial charge on any atom is 0.156 e. The van der Waals surface area contributed by atoms with E-state index >= 15 is 0 Å². The number of benzene rings is 1. The molecular weight excluding hydrogens is 200 g/mol. The van der Waals surface area contributed by atoms with E-state index in [0.29, 0.717) is 0 Å². The second kappa shape index (κ2) is 4.14. The molecule has 1 atom stereocenters. The van der Waals surface area contributed by atoms with Crippen LogP contribution in [0.25, 0.3) is 10.9 Å². The largest absolute Gasteiger partial charge is 0.367 e. The quantitative estimate of drug-likeness (QED) is 0.823. The van der Waals surface area contributed by atoms with Gasteiger partial charge in [-0.15, -0.1) is 0 Å². The molecule has 4 nitrogen and oxygen atoms in total. The highest BCUT2D eigenvalue weighted by atomic mass is 15.3. The van der Waals surface area contributed by atoms with Crippen molar-refractivity contribution in [2.24, 2.45) is 12.8 Å². The van der Waals surface area contributed by atoms with Gasteiger partial charge >= 0.3 is 0 Å². The van der Waals surface area contributed by atoms with Crippen LogP contribution in [-0.4, -0.2) is 22.4 Å². The van der Waals surface area contributed by atoms with Crippen LogP contribution in [0.2, 0.25) is 0 Å². The first-order chi connectivity index (χ1) is 7.59. The first-order valence-corrected chi connectivity index (χ1v) is 5.51. The summed E-state index contributed by atoms with van der Waals surface area (Å²) >= 11 is 0. The number of nitrogens with two attached hydrogens (primary N) is 1. The molecule has 0 spiro atoms. The number of hydrogen-bond acceptors (Lipinski definition) is 3. The third-order valence-electron chi connectivity index (χ3n) is 2.66. The lowest BCUT2D eigenvalue weighted by Gasteiger charge is -2.06. The summed E-state index contributed by atoms with van der Waals surface area (Å²) < 4.78 is 1.91. The summed E-state index contributed by atoms with van der Waals surface area (Å²) in [5.41, 5.74) is 8.14. The van der Waals surface area contributed by atoms with E-state index in [1.165, 1.54) is 11.1 Å². The number of aryl methyl sites for hydroxylation is 2. The third-order valence-corrected chi connectivity index (χ3v) is 2.66. The van der Waals surface area contributed by atoms with Crippen LogP contribution in [0.5, 0.6) is 0 Å². The Kier molecular flexibility index (Phi) is 2.83. The number of hydrogen-bond donors (Lipinski definition) is 2. The Morgan fingerprint density at radius 2 is 2.25 bits per heavy atom. The standard InChI is InChI=1S/C12H18N4/c1-8-5-4-6-10-11(8)16(3)15-12(10)14-7-9(2)13/h4-6,9H,7,13H2,1-3H3,(H,14,15). The van der Waals surface area contributed by atoms with E-state index in [-0.39, 0.29) is 6.04 Å². The molecule has 0 bridgehead atoms. The molecule has 1 aromatic carbocycles. The van der Waals surface area contributed by atoms with Gasteiger partial charge in [0.05, 0.1) is 5.52 Å². The zero-order valence-electron chi connectivity index (χ0n) is 9.99. The molecule has 0 aliphatic carbocycles. The van der Waals surface area contributed by atoms with E-state index in [0.717, 1.165) is 17.7 Å². The minimum Gasteiger partial charge on any atom is -0.367 e. The first kappa shape index (κ1) is 11.0. The van der Waals surface area contributed by atoms with Crippen molar-refractivity contribution in [1.82, 2.24) is 9.78 Å². The molecule has 2 rings (SSSR count). The van der Waals surface area contributed by atoms with Crippen LogP contribution in [0.3, 0.4) is 0 Å². The molecule has 16 heavy (non-hydrogen) atoms. The van der Waals surface area contributed by atoms with Crippen LogP contribution in [0, 0.1) is 6.92 Å². The highest BCUT2D eigenvalue weighted by molar-refractivity contribution is 5.92. The number of nitrogens with zero attached hydrogens (tertiary/aromatic N) is 2. The number of anilines is 1. The summed E-state index contributed by atoms with van der Waals surface area (Å²) in [6.07, 6.45) is 0. The Morgan fingerprint density at radius 1 is 1.50 bits per heavy atom. The van der Waals surface area contributed by atoms with Gasteiger partial charge in [0.25, 0.3) is 0 Å². The van der Waals surface area contributed by atoms with Crippen LogP contribution in [0.15, 0.2) is 18.2 Å². The molecule has 3 N–H and O–H groups in total. The summed E-state index contributed by atoms with van der Waals surface area (Å²) in [6, 6.07) is 6.36. The zero-order chi connectivity index (χ0) is 11.7. The molecule has 86 valence electrons. The highest BCUT2D eigenvalue weighted by Crippen LogP contribution is 2.24. The average Bonchev–Trinajstić information content (AvgIpc) is 2.54. The Morgan fingerprint density at radius 3 is 2.94 bits per heavy atom. The maximum absolute atomic E-state index is 5.72. The van der Waals surface area contributed by atoms with Gasteiger partial charge in [0.15, 0.2) is 5.82 Å². The van der Waals surface area contributed by atoms with Gasteiger partial charge in [0.2, 0.25) is 0 Å². The molecule has 0 saturated carbocycles. The molecule has 2 aromatic rings. The van der Waals surface area contributed by atoms with Crippen LogP contribution < -0.4 is 11.1 Å². The SMILES string of the molecule is Cc1cccc2c(NCC(C)N)nn(C)c12.